The Bertz CT molecular complexity index is 986. The van der Waals surface area contributed by atoms with Crippen molar-refractivity contribution in [3.63, 3.8) is 0 Å². The number of carbonyl (C=O) groups excluding carboxylic acids is 2. The number of pyridine rings is 1. The Kier molecular flexibility index (Phi) is 5.65. The number of benzene rings is 1. The molecule has 0 unspecified atom stereocenters. The largest absolute Gasteiger partial charge is 0.445 e. The predicted octanol–water partition coefficient (Wildman–Crippen LogP) is 2.17. The second kappa shape index (κ2) is 8.68. The van der Waals surface area contributed by atoms with Crippen molar-refractivity contribution in [2.24, 2.45) is 0 Å². The molecule has 0 spiro atoms. The van der Waals surface area contributed by atoms with Crippen LogP contribution in [0, 0.1) is 0 Å². The lowest BCUT2D eigenvalue weighted by Gasteiger charge is -2.25. The van der Waals surface area contributed by atoms with Crippen LogP contribution in [0.25, 0.3) is 0 Å². The van der Waals surface area contributed by atoms with Crippen LogP contribution in [0.5, 0.6) is 0 Å². The highest BCUT2D eigenvalue weighted by molar-refractivity contribution is 5.96. The molecule has 0 radical (unpaired) electrons. The summed E-state index contributed by atoms with van der Waals surface area (Å²) in [5, 5.41) is 2.68. The summed E-state index contributed by atoms with van der Waals surface area (Å²) in [5.41, 5.74) is 2.48. The van der Waals surface area contributed by atoms with Crippen LogP contribution >= 0.6 is 0 Å². The van der Waals surface area contributed by atoms with E-state index >= 15 is 0 Å². The predicted molar refractivity (Wildman–Crippen MR) is 106 cm³/mol. The number of rotatable bonds is 6. The number of carbonyl (C=O) groups is 2. The van der Waals surface area contributed by atoms with Gasteiger partial charge in [-0.25, -0.2) is 4.98 Å². The summed E-state index contributed by atoms with van der Waals surface area (Å²) >= 11 is 0. The molecule has 1 aliphatic heterocycles. The molecule has 0 fully saturated rings. The smallest absolute Gasteiger partial charge is 0.251 e. The first-order valence-electron chi connectivity index (χ1n) is 9.66. The van der Waals surface area contributed by atoms with Gasteiger partial charge in [-0.2, -0.15) is 0 Å². The summed E-state index contributed by atoms with van der Waals surface area (Å²) in [6.07, 6.45) is 5.73. The van der Waals surface area contributed by atoms with Crippen LogP contribution in [-0.4, -0.2) is 39.8 Å². The lowest BCUT2D eigenvalue weighted by molar-refractivity contribution is -0.131. The molecule has 29 heavy (non-hydrogen) atoms. The monoisotopic (exact) mass is 390 g/mol. The summed E-state index contributed by atoms with van der Waals surface area (Å²) < 4.78 is 5.87. The minimum Gasteiger partial charge on any atom is -0.445 e. The third-order valence-corrected chi connectivity index (χ3v) is 4.91. The number of aromatic nitrogens is 2. The molecule has 7 nitrogen and oxygen atoms in total. The van der Waals surface area contributed by atoms with E-state index in [2.05, 4.69) is 15.3 Å². The van der Waals surface area contributed by atoms with Crippen molar-refractivity contribution in [3.8, 4) is 0 Å². The highest BCUT2D eigenvalue weighted by Gasteiger charge is 2.25. The zero-order valence-electron chi connectivity index (χ0n) is 16.0. The molecule has 2 aromatic heterocycles. The molecule has 2 amide bonds. The number of hydrogen-bond donors (Lipinski definition) is 1. The standard InChI is InChI=1S/C22H22N4O3/c27-21(14-24-22(28)17-6-2-1-3-7-17)26-12-10-19-18(15-26)25-20(29-19)9-8-16-5-4-11-23-13-16/h1-7,11,13H,8-10,12,14-15H2,(H,24,28). The Morgan fingerprint density at radius 3 is 2.76 bits per heavy atom. The van der Waals surface area contributed by atoms with E-state index < -0.39 is 0 Å². The molecular weight excluding hydrogens is 368 g/mol. The second-order valence-electron chi connectivity index (χ2n) is 6.95. The molecule has 0 saturated carbocycles. The number of aryl methyl sites for hydroxylation is 2. The van der Waals surface area contributed by atoms with Gasteiger partial charge in [-0.15, -0.1) is 0 Å². The number of hydrogen-bond acceptors (Lipinski definition) is 5. The lowest BCUT2D eigenvalue weighted by Crippen LogP contribution is -2.42. The average molecular weight is 390 g/mol. The van der Waals surface area contributed by atoms with Crippen molar-refractivity contribution >= 4 is 11.8 Å². The van der Waals surface area contributed by atoms with Gasteiger partial charge in [0.05, 0.1) is 13.1 Å². The van der Waals surface area contributed by atoms with Crippen LogP contribution < -0.4 is 5.32 Å². The lowest BCUT2D eigenvalue weighted by atomic mass is 10.1. The van der Waals surface area contributed by atoms with Crippen molar-refractivity contribution in [3.05, 3.63) is 83.3 Å². The minimum atomic E-state index is -0.254. The van der Waals surface area contributed by atoms with E-state index in [-0.39, 0.29) is 18.4 Å². The van der Waals surface area contributed by atoms with Crippen LogP contribution in [0.2, 0.25) is 0 Å². The van der Waals surface area contributed by atoms with Crippen molar-refractivity contribution in [2.45, 2.75) is 25.8 Å². The van der Waals surface area contributed by atoms with Crippen LogP contribution in [0.3, 0.4) is 0 Å². The summed E-state index contributed by atoms with van der Waals surface area (Å²) in [5.74, 6) is 1.16. The number of oxazole rings is 1. The molecule has 3 heterocycles. The van der Waals surface area contributed by atoms with Gasteiger partial charge in [-0.3, -0.25) is 14.6 Å². The Morgan fingerprint density at radius 2 is 1.97 bits per heavy atom. The fourth-order valence-corrected chi connectivity index (χ4v) is 3.33. The Morgan fingerprint density at radius 1 is 1.10 bits per heavy atom. The number of amides is 2. The van der Waals surface area contributed by atoms with E-state index in [4.69, 9.17) is 4.42 Å². The van der Waals surface area contributed by atoms with Gasteiger partial charge in [0.2, 0.25) is 5.91 Å². The molecular formula is C22H22N4O3. The highest BCUT2D eigenvalue weighted by atomic mass is 16.4. The Labute approximate surface area is 168 Å². The molecule has 3 aromatic rings. The van der Waals surface area contributed by atoms with E-state index in [9.17, 15) is 9.59 Å². The van der Waals surface area contributed by atoms with Crippen LogP contribution in [0.1, 0.15) is 33.3 Å². The fraction of sp³-hybridized carbons (Fsp3) is 0.273. The van der Waals surface area contributed by atoms with E-state index in [0.29, 0.717) is 37.4 Å². The summed E-state index contributed by atoms with van der Waals surface area (Å²) in [7, 11) is 0. The van der Waals surface area contributed by atoms with Gasteiger partial charge >= 0.3 is 0 Å². The molecule has 1 aliphatic rings. The van der Waals surface area contributed by atoms with Gasteiger partial charge in [0, 0.05) is 37.3 Å². The second-order valence-corrected chi connectivity index (χ2v) is 6.95. The van der Waals surface area contributed by atoms with Crippen LogP contribution in [0.4, 0.5) is 0 Å². The van der Waals surface area contributed by atoms with Crippen molar-refractivity contribution in [2.75, 3.05) is 13.1 Å². The molecule has 0 atom stereocenters. The van der Waals surface area contributed by atoms with Gasteiger partial charge in [-0.1, -0.05) is 24.3 Å². The Hall–Kier alpha value is -3.48. The molecule has 1 N–H and O–H groups in total. The maximum atomic E-state index is 12.5. The SMILES string of the molecule is O=C(NCC(=O)N1CCc2oc(CCc3cccnc3)nc2C1)c1ccccc1. The maximum absolute atomic E-state index is 12.5. The van der Waals surface area contributed by atoms with E-state index in [1.807, 2.05) is 24.4 Å². The van der Waals surface area contributed by atoms with Gasteiger partial charge < -0.3 is 14.6 Å². The summed E-state index contributed by atoms with van der Waals surface area (Å²) in [4.78, 5) is 35.0. The van der Waals surface area contributed by atoms with Gasteiger partial charge in [0.1, 0.15) is 11.5 Å². The third-order valence-electron chi connectivity index (χ3n) is 4.91. The number of nitrogens with zero attached hydrogens (tertiary/aromatic N) is 3. The summed E-state index contributed by atoms with van der Waals surface area (Å²) in [6, 6.07) is 12.8. The first-order valence-corrected chi connectivity index (χ1v) is 9.66. The zero-order valence-corrected chi connectivity index (χ0v) is 16.0. The van der Waals surface area contributed by atoms with Gasteiger partial charge in [-0.05, 0) is 30.2 Å². The quantitative estimate of drug-likeness (QED) is 0.697. The molecule has 4 rings (SSSR count). The topological polar surface area (TPSA) is 88.3 Å². The fourth-order valence-electron chi connectivity index (χ4n) is 3.33. The van der Waals surface area contributed by atoms with Gasteiger partial charge in [0.15, 0.2) is 5.89 Å². The third kappa shape index (κ3) is 4.68. The zero-order chi connectivity index (χ0) is 20.1. The maximum Gasteiger partial charge on any atom is 0.251 e. The van der Waals surface area contributed by atoms with Crippen LogP contribution in [-0.2, 0) is 30.6 Å². The normalized spacial score (nSPS) is 13.0. The van der Waals surface area contributed by atoms with E-state index in [1.54, 1.807) is 35.4 Å². The first kappa shape index (κ1) is 18.9. The minimum absolute atomic E-state index is 0.0330. The number of nitrogens with one attached hydrogen (secondary N) is 1. The van der Waals surface area contributed by atoms with Gasteiger partial charge in [0.25, 0.3) is 5.91 Å². The molecule has 1 aromatic carbocycles. The molecule has 0 saturated heterocycles. The highest BCUT2D eigenvalue weighted by Crippen LogP contribution is 2.20. The summed E-state index contributed by atoms with van der Waals surface area (Å²) in [6.45, 7) is 0.935. The average Bonchev–Trinajstić information content (AvgIpc) is 3.19. The van der Waals surface area contributed by atoms with Crippen molar-refractivity contribution in [1.82, 2.24) is 20.2 Å². The number of fused-ring (bicyclic) bond motifs is 1. The van der Waals surface area contributed by atoms with E-state index in [0.717, 1.165) is 23.4 Å². The molecule has 0 aliphatic carbocycles. The van der Waals surface area contributed by atoms with E-state index in [1.165, 1.54) is 0 Å². The molecule has 7 heteroatoms. The van der Waals surface area contributed by atoms with Crippen LogP contribution in [0.15, 0.2) is 59.3 Å². The van der Waals surface area contributed by atoms with Crippen molar-refractivity contribution in [1.29, 1.82) is 0 Å². The molecule has 0 bridgehead atoms. The first-order chi connectivity index (χ1) is 14.2. The Balaban J connectivity index is 1.30. The van der Waals surface area contributed by atoms with Crippen molar-refractivity contribution < 1.29 is 14.0 Å². The molecule has 148 valence electrons.